The van der Waals surface area contributed by atoms with Crippen molar-refractivity contribution in [3.63, 3.8) is 0 Å². The molecule has 0 saturated carbocycles. The van der Waals surface area contributed by atoms with Gasteiger partial charge in [-0.3, -0.25) is 4.79 Å². The van der Waals surface area contributed by atoms with Gasteiger partial charge in [-0.25, -0.2) is 4.79 Å². The van der Waals surface area contributed by atoms with Gasteiger partial charge in [0, 0.05) is 12.3 Å². The zero-order chi connectivity index (χ0) is 19.0. The van der Waals surface area contributed by atoms with E-state index in [1.54, 1.807) is 25.1 Å². The van der Waals surface area contributed by atoms with Gasteiger partial charge in [0.05, 0.1) is 13.7 Å². The Morgan fingerprint density at radius 3 is 2.40 bits per heavy atom. The summed E-state index contributed by atoms with van der Waals surface area (Å²) in [5, 5.41) is 2.83. The fourth-order valence-corrected chi connectivity index (χ4v) is 2.74. The molecule has 1 amide bonds. The second-order valence-corrected chi connectivity index (χ2v) is 6.35. The first-order valence-corrected chi connectivity index (χ1v) is 8.57. The lowest BCUT2D eigenvalue weighted by Crippen LogP contribution is -2.44. The van der Waals surface area contributed by atoms with Crippen molar-refractivity contribution in [3.8, 4) is 5.75 Å². The third-order valence-electron chi connectivity index (χ3n) is 3.68. The molecule has 0 aliphatic carbocycles. The molecule has 0 heterocycles. The molecule has 6 heteroatoms. The Labute approximate surface area is 149 Å². The Bertz CT molecular complexity index is 599. The molecule has 25 heavy (non-hydrogen) atoms. The van der Waals surface area contributed by atoms with Gasteiger partial charge in [0.2, 0.25) is 0 Å². The molecule has 1 N–H and O–H groups in total. The van der Waals surface area contributed by atoms with E-state index in [-0.39, 0.29) is 11.5 Å². The third-order valence-corrected chi connectivity index (χ3v) is 3.68. The highest BCUT2D eigenvalue weighted by molar-refractivity contribution is 5.99. The van der Waals surface area contributed by atoms with E-state index in [9.17, 15) is 9.59 Å². The van der Waals surface area contributed by atoms with E-state index in [1.165, 1.54) is 7.11 Å². The molecule has 0 aliphatic rings. The highest BCUT2D eigenvalue weighted by Gasteiger charge is 2.34. The van der Waals surface area contributed by atoms with E-state index in [0.29, 0.717) is 37.0 Å². The summed E-state index contributed by atoms with van der Waals surface area (Å²) in [6, 6.07) is 4.89. The fourth-order valence-electron chi connectivity index (χ4n) is 2.74. The average molecular weight is 351 g/mol. The highest BCUT2D eigenvalue weighted by Crippen LogP contribution is 2.27. The van der Waals surface area contributed by atoms with E-state index in [0.717, 1.165) is 0 Å². The van der Waals surface area contributed by atoms with Crippen LogP contribution in [0.25, 0.3) is 0 Å². The minimum absolute atomic E-state index is 0.247. The van der Waals surface area contributed by atoms with Gasteiger partial charge in [-0.15, -0.1) is 0 Å². The number of rotatable bonds is 9. The van der Waals surface area contributed by atoms with E-state index in [1.807, 2.05) is 27.7 Å². The molecule has 0 fully saturated rings. The van der Waals surface area contributed by atoms with Gasteiger partial charge < -0.3 is 19.5 Å². The summed E-state index contributed by atoms with van der Waals surface area (Å²) >= 11 is 0. The average Bonchev–Trinajstić information content (AvgIpc) is 2.55. The Hall–Kier alpha value is -2.08. The first-order chi connectivity index (χ1) is 11.8. The van der Waals surface area contributed by atoms with Crippen molar-refractivity contribution >= 4 is 17.6 Å². The number of carbonyl (C=O) groups is 2. The molecule has 1 aromatic rings. The van der Waals surface area contributed by atoms with E-state index >= 15 is 0 Å². The molecular weight excluding hydrogens is 322 g/mol. The first kappa shape index (κ1) is 21.0. The standard InChI is InChI=1S/C19H29NO5/c1-7-24-16-10-9-14(11-15(16)17(21)23-6)20-18(22)19(5,25-8-2)12-13(3)4/h9-11,13H,7-8,12H2,1-6H3,(H,20,22)/t19-/m1/s1. The minimum atomic E-state index is -0.938. The summed E-state index contributed by atoms with van der Waals surface area (Å²) in [6.45, 7) is 10.4. The second-order valence-electron chi connectivity index (χ2n) is 6.35. The Morgan fingerprint density at radius 2 is 1.88 bits per heavy atom. The van der Waals surface area contributed by atoms with Crippen LogP contribution in [-0.4, -0.2) is 37.8 Å². The van der Waals surface area contributed by atoms with Crippen LogP contribution in [0.2, 0.25) is 0 Å². The predicted octanol–water partition coefficient (Wildman–Crippen LogP) is 3.65. The van der Waals surface area contributed by atoms with E-state index < -0.39 is 11.6 Å². The van der Waals surface area contributed by atoms with Crippen LogP contribution in [0.3, 0.4) is 0 Å². The summed E-state index contributed by atoms with van der Waals surface area (Å²) in [5.41, 5.74) is -0.180. The van der Waals surface area contributed by atoms with Crippen LogP contribution in [0.4, 0.5) is 5.69 Å². The van der Waals surface area contributed by atoms with Crippen LogP contribution in [0.5, 0.6) is 5.75 Å². The number of hydrogen-bond donors (Lipinski definition) is 1. The normalized spacial score (nSPS) is 13.2. The van der Waals surface area contributed by atoms with Crippen molar-refractivity contribution in [2.45, 2.75) is 46.6 Å². The maximum Gasteiger partial charge on any atom is 0.341 e. The zero-order valence-corrected chi connectivity index (χ0v) is 16.0. The molecule has 6 nitrogen and oxygen atoms in total. The Kier molecular flexibility index (Phi) is 7.90. The van der Waals surface area contributed by atoms with Gasteiger partial charge in [-0.05, 0) is 51.3 Å². The van der Waals surface area contributed by atoms with Crippen molar-refractivity contribution in [3.05, 3.63) is 23.8 Å². The molecule has 0 unspecified atom stereocenters. The van der Waals surface area contributed by atoms with Gasteiger partial charge in [0.15, 0.2) is 0 Å². The summed E-state index contributed by atoms with van der Waals surface area (Å²) in [5.74, 6) is -0.0484. The number of ether oxygens (including phenoxy) is 3. The van der Waals surface area contributed by atoms with E-state index in [4.69, 9.17) is 14.2 Å². The van der Waals surface area contributed by atoms with Crippen molar-refractivity contribution in [2.75, 3.05) is 25.6 Å². The molecule has 140 valence electrons. The van der Waals surface area contributed by atoms with Gasteiger partial charge in [-0.1, -0.05) is 13.8 Å². The topological polar surface area (TPSA) is 73.9 Å². The van der Waals surface area contributed by atoms with Crippen LogP contribution in [-0.2, 0) is 14.3 Å². The smallest absolute Gasteiger partial charge is 0.341 e. The molecule has 1 rings (SSSR count). The van der Waals surface area contributed by atoms with Crippen LogP contribution in [0, 0.1) is 5.92 Å². The number of anilines is 1. The lowest BCUT2D eigenvalue weighted by atomic mass is 9.93. The maximum absolute atomic E-state index is 12.7. The fraction of sp³-hybridized carbons (Fsp3) is 0.579. The van der Waals surface area contributed by atoms with Gasteiger partial charge in [0.25, 0.3) is 5.91 Å². The largest absolute Gasteiger partial charge is 0.493 e. The predicted molar refractivity (Wildman–Crippen MR) is 97.1 cm³/mol. The third kappa shape index (κ3) is 5.74. The number of carbonyl (C=O) groups excluding carboxylic acids is 2. The molecule has 0 aromatic heterocycles. The lowest BCUT2D eigenvalue weighted by Gasteiger charge is -2.30. The van der Waals surface area contributed by atoms with Crippen LogP contribution >= 0.6 is 0 Å². The molecule has 0 radical (unpaired) electrons. The van der Waals surface area contributed by atoms with Gasteiger partial charge >= 0.3 is 5.97 Å². The molecule has 1 atom stereocenters. The summed E-state index contributed by atoms with van der Waals surface area (Å²) in [4.78, 5) is 24.7. The summed E-state index contributed by atoms with van der Waals surface area (Å²) in [7, 11) is 1.30. The first-order valence-electron chi connectivity index (χ1n) is 8.57. The number of esters is 1. The highest BCUT2D eigenvalue weighted by atomic mass is 16.5. The quantitative estimate of drug-likeness (QED) is 0.688. The second kappa shape index (κ2) is 9.42. The number of hydrogen-bond acceptors (Lipinski definition) is 5. The summed E-state index contributed by atoms with van der Waals surface area (Å²) in [6.07, 6.45) is 0.591. The monoisotopic (exact) mass is 351 g/mol. The molecule has 0 bridgehead atoms. The minimum Gasteiger partial charge on any atom is -0.493 e. The van der Waals surface area contributed by atoms with Crippen LogP contribution < -0.4 is 10.1 Å². The van der Waals surface area contributed by atoms with Crippen LogP contribution in [0.15, 0.2) is 18.2 Å². The molecule has 0 saturated heterocycles. The van der Waals surface area contributed by atoms with Crippen molar-refractivity contribution in [1.29, 1.82) is 0 Å². The van der Waals surface area contributed by atoms with Gasteiger partial charge in [-0.2, -0.15) is 0 Å². The summed E-state index contributed by atoms with van der Waals surface area (Å²) < 4.78 is 15.9. The zero-order valence-electron chi connectivity index (χ0n) is 16.0. The van der Waals surface area contributed by atoms with E-state index in [2.05, 4.69) is 5.32 Å². The number of methoxy groups -OCH3 is 1. The number of amides is 1. The lowest BCUT2D eigenvalue weighted by molar-refractivity contribution is -0.140. The molecule has 0 aliphatic heterocycles. The molecular formula is C19H29NO5. The van der Waals surface area contributed by atoms with Crippen LogP contribution in [0.1, 0.15) is 51.4 Å². The Balaban J connectivity index is 3.08. The Morgan fingerprint density at radius 1 is 1.20 bits per heavy atom. The molecule has 0 spiro atoms. The SMILES string of the molecule is CCOc1ccc(NC(=O)[C@@](C)(CC(C)C)OCC)cc1C(=O)OC. The van der Waals surface area contributed by atoms with Gasteiger partial charge in [0.1, 0.15) is 16.9 Å². The number of benzene rings is 1. The maximum atomic E-state index is 12.7. The molecule has 1 aromatic carbocycles. The van der Waals surface area contributed by atoms with Crippen molar-refractivity contribution in [2.24, 2.45) is 5.92 Å². The van der Waals surface area contributed by atoms with Crippen molar-refractivity contribution < 1.29 is 23.8 Å². The number of nitrogens with one attached hydrogen (secondary N) is 1. The van der Waals surface area contributed by atoms with Crippen molar-refractivity contribution in [1.82, 2.24) is 0 Å².